The van der Waals surface area contributed by atoms with Gasteiger partial charge in [-0.1, -0.05) is 23.7 Å². The number of halogens is 1. The van der Waals surface area contributed by atoms with Crippen molar-refractivity contribution in [1.82, 2.24) is 5.32 Å². The fourth-order valence-electron chi connectivity index (χ4n) is 2.65. The first-order valence-electron chi connectivity index (χ1n) is 7.23. The predicted octanol–water partition coefficient (Wildman–Crippen LogP) is 3.46. The monoisotopic (exact) mass is 335 g/mol. The molecule has 2 N–H and O–H groups in total. The number of aliphatic hydroxyl groups is 1. The van der Waals surface area contributed by atoms with E-state index in [-0.39, 0.29) is 12.5 Å². The third-order valence-corrected chi connectivity index (χ3v) is 5.22. The third kappa shape index (κ3) is 2.91. The van der Waals surface area contributed by atoms with Crippen LogP contribution in [0.4, 0.5) is 0 Å². The standard InChI is InChI=1S/C17H18ClNO2S/c1-16(21,13-5-8-22-10-13)11-19-15(20)17(6-7-17)12-3-2-4-14(18)9-12/h2-5,8-10,21H,6-7,11H2,1H3,(H,19,20). The van der Waals surface area contributed by atoms with E-state index < -0.39 is 11.0 Å². The van der Waals surface area contributed by atoms with Gasteiger partial charge in [0.15, 0.2) is 0 Å². The lowest BCUT2D eigenvalue weighted by molar-refractivity contribution is -0.124. The first-order valence-corrected chi connectivity index (χ1v) is 8.56. The summed E-state index contributed by atoms with van der Waals surface area (Å²) in [6, 6.07) is 9.34. The quantitative estimate of drug-likeness (QED) is 0.879. The Balaban J connectivity index is 1.70. The molecule has 0 bridgehead atoms. The summed E-state index contributed by atoms with van der Waals surface area (Å²) in [4.78, 5) is 12.6. The van der Waals surface area contributed by atoms with Gasteiger partial charge >= 0.3 is 0 Å². The molecule has 1 amide bonds. The second kappa shape index (κ2) is 5.69. The average Bonchev–Trinajstić information content (AvgIpc) is 3.11. The summed E-state index contributed by atoms with van der Waals surface area (Å²) in [5.74, 6) is -0.0368. The smallest absolute Gasteiger partial charge is 0.230 e. The van der Waals surface area contributed by atoms with Gasteiger partial charge < -0.3 is 10.4 Å². The van der Waals surface area contributed by atoms with Gasteiger partial charge in [-0.2, -0.15) is 11.3 Å². The Morgan fingerprint density at radius 2 is 2.23 bits per heavy atom. The Morgan fingerprint density at radius 3 is 2.82 bits per heavy atom. The summed E-state index contributed by atoms with van der Waals surface area (Å²) in [5, 5.41) is 17.9. The summed E-state index contributed by atoms with van der Waals surface area (Å²) >= 11 is 7.56. The van der Waals surface area contributed by atoms with E-state index in [0.29, 0.717) is 5.02 Å². The van der Waals surface area contributed by atoms with Crippen molar-refractivity contribution in [2.24, 2.45) is 0 Å². The van der Waals surface area contributed by atoms with E-state index in [4.69, 9.17) is 11.6 Å². The lowest BCUT2D eigenvalue weighted by atomic mass is 9.94. The molecule has 1 aromatic heterocycles. The molecule has 1 aromatic carbocycles. The van der Waals surface area contributed by atoms with Gasteiger partial charge in [-0.3, -0.25) is 4.79 Å². The van der Waals surface area contributed by atoms with Gasteiger partial charge in [-0.15, -0.1) is 0 Å². The van der Waals surface area contributed by atoms with Crippen LogP contribution < -0.4 is 5.32 Å². The minimum atomic E-state index is -1.06. The lowest BCUT2D eigenvalue weighted by Crippen LogP contribution is -2.43. The zero-order chi connectivity index (χ0) is 15.8. The third-order valence-electron chi connectivity index (χ3n) is 4.30. The molecule has 1 unspecified atom stereocenters. The number of amides is 1. The highest BCUT2D eigenvalue weighted by Crippen LogP contribution is 2.48. The summed E-state index contributed by atoms with van der Waals surface area (Å²) in [6.07, 6.45) is 1.64. The van der Waals surface area contributed by atoms with E-state index in [0.717, 1.165) is 24.0 Å². The van der Waals surface area contributed by atoms with Crippen LogP contribution in [0.3, 0.4) is 0 Å². The second-order valence-electron chi connectivity index (χ2n) is 6.06. The molecular formula is C17H18ClNO2S. The highest BCUT2D eigenvalue weighted by atomic mass is 35.5. The molecule has 0 saturated heterocycles. The van der Waals surface area contributed by atoms with E-state index in [9.17, 15) is 9.90 Å². The highest BCUT2D eigenvalue weighted by Gasteiger charge is 2.51. The van der Waals surface area contributed by atoms with Gasteiger partial charge in [0.1, 0.15) is 5.60 Å². The largest absolute Gasteiger partial charge is 0.384 e. The first kappa shape index (κ1) is 15.5. The molecule has 1 heterocycles. The molecule has 5 heteroatoms. The summed E-state index contributed by atoms with van der Waals surface area (Å²) < 4.78 is 0. The van der Waals surface area contributed by atoms with E-state index in [1.54, 1.807) is 13.0 Å². The van der Waals surface area contributed by atoms with Crippen LogP contribution in [0, 0.1) is 0 Å². The molecule has 116 valence electrons. The molecule has 1 aliphatic carbocycles. The molecule has 0 radical (unpaired) electrons. The average molecular weight is 336 g/mol. The van der Waals surface area contributed by atoms with Gasteiger partial charge in [0.05, 0.1) is 12.0 Å². The number of hydrogen-bond acceptors (Lipinski definition) is 3. The molecular weight excluding hydrogens is 318 g/mol. The van der Waals surface area contributed by atoms with E-state index >= 15 is 0 Å². The molecule has 0 aliphatic heterocycles. The van der Waals surface area contributed by atoms with Crippen molar-refractivity contribution in [3.63, 3.8) is 0 Å². The van der Waals surface area contributed by atoms with Gasteiger partial charge in [0.25, 0.3) is 0 Å². The van der Waals surface area contributed by atoms with Crippen molar-refractivity contribution in [2.45, 2.75) is 30.8 Å². The van der Waals surface area contributed by atoms with Gasteiger partial charge in [0.2, 0.25) is 5.91 Å². The number of benzene rings is 1. The lowest BCUT2D eigenvalue weighted by Gasteiger charge is -2.25. The zero-order valence-corrected chi connectivity index (χ0v) is 13.9. The second-order valence-corrected chi connectivity index (χ2v) is 7.28. The fourth-order valence-corrected chi connectivity index (χ4v) is 3.63. The summed E-state index contributed by atoms with van der Waals surface area (Å²) in [6.45, 7) is 1.92. The molecule has 1 saturated carbocycles. The Bertz CT molecular complexity index is 678. The number of rotatable bonds is 5. The Labute approximate surface area is 138 Å². The summed E-state index contributed by atoms with van der Waals surface area (Å²) in [7, 11) is 0. The van der Waals surface area contributed by atoms with Crippen molar-refractivity contribution in [3.05, 3.63) is 57.2 Å². The van der Waals surface area contributed by atoms with Crippen molar-refractivity contribution >= 4 is 28.8 Å². The van der Waals surface area contributed by atoms with Gasteiger partial charge in [0, 0.05) is 5.02 Å². The van der Waals surface area contributed by atoms with Crippen LogP contribution in [-0.2, 0) is 15.8 Å². The van der Waals surface area contributed by atoms with E-state index in [1.165, 1.54) is 11.3 Å². The summed E-state index contributed by atoms with van der Waals surface area (Å²) in [5.41, 5.74) is 0.244. The van der Waals surface area contributed by atoms with Crippen molar-refractivity contribution in [1.29, 1.82) is 0 Å². The van der Waals surface area contributed by atoms with Gasteiger partial charge in [-0.25, -0.2) is 0 Å². The van der Waals surface area contributed by atoms with E-state index in [1.807, 2.05) is 35.0 Å². The molecule has 3 nitrogen and oxygen atoms in total. The SMILES string of the molecule is CC(O)(CNC(=O)C1(c2cccc(Cl)c2)CC1)c1ccsc1. The van der Waals surface area contributed by atoms with Crippen LogP contribution in [0.15, 0.2) is 41.1 Å². The van der Waals surface area contributed by atoms with Crippen LogP contribution in [-0.4, -0.2) is 17.6 Å². The maximum Gasteiger partial charge on any atom is 0.230 e. The topological polar surface area (TPSA) is 49.3 Å². The minimum Gasteiger partial charge on any atom is -0.384 e. The van der Waals surface area contributed by atoms with Gasteiger partial charge in [-0.05, 0) is 59.9 Å². The van der Waals surface area contributed by atoms with Crippen LogP contribution in [0.1, 0.15) is 30.9 Å². The number of carbonyl (C=O) groups excluding carboxylic acids is 1. The van der Waals surface area contributed by atoms with Crippen molar-refractivity contribution in [3.8, 4) is 0 Å². The Morgan fingerprint density at radius 1 is 1.45 bits per heavy atom. The highest BCUT2D eigenvalue weighted by molar-refractivity contribution is 7.08. The predicted molar refractivity (Wildman–Crippen MR) is 89.3 cm³/mol. The fraction of sp³-hybridized carbons (Fsp3) is 0.353. The van der Waals surface area contributed by atoms with Crippen LogP contribution in [0.25, 0.3) is 0 Å². The molecule has 1 atom stereocenters. The normalized spacial score (nSPS) is 18.5. The Hall–Kier alpha value is -1.36. The molecule has 3 rings (SSSR count). The maximum absolute atomic E-state index is 12.6. The van der Waals surface area contributed by atoms with E-state index in [2.05, 4.69) is 5.32 Å². The van der Waals surface area contributed by atoms with Crippen molar-refractivity contribution in [2.75, 3.05) is 6.54 Å². The molecule has 1 fully saturated rings. The number of nitrogens with one attached hydrogen (secondary N) is 1. The maximum atomic E-state index is 12.6. The van der Waals surface area contributed by atoms with Crippen LogP contribution in [0.2, 0.25) is 5.02 Å². The molecule has 1 aliphatic rings. The minimum absolute atomic E-state index is 0.0368. The number of thiophene rings is 1. The molecule has 22 heavy (non-hydrogen) atoms. The number of carbonyl (C=O) groups is 1. The zero-order valence-electron chi connectivity index (χ0n) is 12.3. The molecule has 2 aromatic rings. The van der Waals surface area contributed by atoms with Crippen molar-refractivity contribution < 1.29 is 9.90 Å². The van der Waals surface area contributed by atoms with Crippen LogP contribution >= 0.6 is 22.9 Å². The molecule has 0 spiro atoms. The first-order chi connectivity index (χ1) is 10.4. The Kier molecular flexibility index (Phi) is 4.02. The van der Waals surface area contributed by atoms with Crippen LogP contribution in [0.5, 0.6) is 0 Å². The number of hydrogen-bond donors (Lipinski definition) is 2.